The van der Waals surface area contributed by atoms with Crippen LogP contribution in [0.3, 0.4) is 0 Å². The molecule has 0 fully saturated rings. The normalized spacial score (nSPS) is 9.88. The number of nitrogens with one attached hydrogen (secondary N) is 2. The first-order valence-corrected chi connectivity index (χ1v) is 7.65. The third-order valence-electron chi connectivity index (χ3n) is 3.50. The van der Waals surface area contributed by atoms with Crippen LogP contribution in [-0.2, 0) is 6.54 Å². The van der Waals surface area contributed by atoms with Gasteiger partial charge in [-0.25, -0.2) is 4.98 Å². The molecule has 1 aromatic carbocycles. The third-order valence-corrected chi connectivity index (χ3v) is 3.50. The number of hydrogen-bond donors (Lipinski definition) is 2. The lowest BCUT2D eigenvalue weighted by Crippen LogP contribution is -2.23. The van der Waals surface area contributed by atoms with Gasteiger partial charge in [-0.3, -0.25) is 9.78 Å². The van der Waals surface area contributed by atoms with E-state index < -0.39 is 0 Å². The molecule has 0 aliphatic heterocycles. The summed E-state index contributed by atoms with van der Waals surface area (Å²) in [6.45, 7) is 0.425. The average molecular weight is 329 g/mol. The van der Waals surface area contributed by atoms with Crippen LogP contribution >= 0.6 is 0 Å². The number of hydrogen-bond acceptors (Lipinski definition) is 5. The van der Waals surface area contributed by atoms with Crippen molar-refractivity contribution in [2.45, 2.75) is 6.54 Å². The van der Waals surface area contributed by atoms with Gasteiger partial charge in [-0.2, -0.15) is 5.26 Å². The van der Waals surface area contributed by atoms with Gasteiger partial charge in [0.25, 0.3) is 5.91 Å². The van der Waals surface area contributed by atoms with Crippen molar-refractivity contribution in [3.05, 3.63) is 83.9 Å². The largest absolute Gasteiger partial charge is 0.354 e. The van der Waals surface area contributed by atoms with Gasteiger partial charge < -0.3 is 10.6 Å². The van der Waals surface area contributed by atoms with Crippen LogP contribution in [0, 0.1) is 11.3 Å². The molecule has 2 heterocycles. The smallest absolute Gasteiger partial charge is 0.270 e. The van der Waals surface area contributed by atoms with Gasteiger partial charge in [0.05, 0.1) is 23.5 Å². The Kier molecular flexibility index (Phi) is 4.98. The highest BCUT2D eigenvalue weighted by Crippen LogP contribution is 2.16. The number of aromatic nitrogens is 2. The van der Waals surface area contributed by atoms with Crippen LogP contribution < -0.4 is 10.6 Å². The summed E-state index contributed by atoms with van der Waals surface area (Å²) in [5.74, 6) is -0.235. The minimum atomic E-state index is -0.235. The first kappa shape index (κ1) is 16.1. The standard InChI is InChI=1S/C19H15N5O/c20-11-14-1-3-16(4-2-14)24-17-5-6-18(22-13-17)19(25)23-12-15-7-9-21-10-8-15/h1-10,13,24H,12H2,(H,23,25). The van der Waals surface area contributed by atoms with E-state index >= 15 is 0 Å². The van der Waals surface area contributed by atoms with Gasteiger partial charge in [0.1, 0.15) is 5.69 Å². The van der Waals surface area contributed by atoms with Gasteiger partial charge in [-0.15, -0.1) is 0 Å². The molecule has 0 aliphatic rings. The molecular weight excluding hydrogens is 314 g/mol. The van der Waals surface area contributed by atoms with Gasteiger partial charge in [0.15, 0.2) is 0 Å². The minimum Gasteiger partial charge on any atom is -0.354 e. The Morgan fingerprint density at radius 1 is 1.00 bits per heavy atom. The maximum atomic E-state index is 12.1. The van der Waals surface area contributed by atoms with Crippen LogP contribution in [-0.4, -0.2) is 15.9 Å². The minimum absolute atomic E-state index is 0.235. The molecule has 0 bridgehead atoms. The molecule has 0 atom stereocenters. The van der Waals surface area contributed by atoms with Gasteiger partial charge in [-0.05, 0) is 54.1 Å². The molecule has 3 aromatic rings. The molecule has 0 unspecified atom stereocenters. The molecule has 3 rings (SSSR count). The Bertz CT molecular complexity index is 884. The van der Waals surface area contributed by atoms with E-state index in [-0.39, 0.29) is 5.91 Å². The van der Waals surface area contributed by atoms with Crippen LogP contribution in [0.25, 0.3) is 0 Å². The van der Waals surface area contributed by atoms with Crippen molar-refractivity contribution in [2.24, 2.45) is 0 Å². The molecule has 6 nitrogen and oxygen atoms in total. The summed E-state index contributed by atoms with van der Waals surface area (Å²) >= 11 is 0. The Balaban J connectivity index is 1.59. The van der Waals surface area contributed by atoms with Gasteiger partial charge in [-0.1, -0.05) is 0 Å². The first-order chi connectivity index (χ1) is 12.2. The van der Waals surface area contributed by atoms with Crippen LogP contribution in [0.2, 0.25) is 0 Å². The third kappa shape index (κ3) is 4.39. The fourth-order valence-electron chi connectivity index (χ4n) is 2.17. The molecule has 1 amide bonds. The summed E-state index contributed by atoms with van der Waals surface area (Å²) < 4.78 is 0. The number of benzene rings is 1. The second kappa shape index (κ2) is 7.70. The molecule has 2 N–H and O–H groups in total. The van der Waals surface area contributed by atoms with Crippen molar-refractivity contribution in [2.75, 3.05) is 5.32 Å². The topological polar surface area (TPSA) is 90.7 Å². The van der Waals surface area contributed by atoms with E-state index in [9.17, 15) is 4.79 Å². The predicted octanol–water partition coefficient (Wildman–Crippen LogP) is 3.02. The lowest BCUT2D eigenvalue weighted by Gasteiger charge is -2.08. The van der Waals surface area contributed by atoms with E-state index in [4.69, 9.17) is 5.26 Å². The average Bonchev–Trinajstić information content (AvgIpc) is 2.68. The number of pyridine rings is 2. The first-order valence-electron chi connectivity index (χ1n) is 7.65. The molecule has 0 radical (unpaired) electrons. The Labute approximate surface area is 145 Å². The second-order valence-electron chi connectivity index (χ2n) is 5.28. The molecule has 0 spiro atoms. The molecule has 25 heavy (non-hydrogen) atoms. The van der Waals surface area contributed by atoms with E-state index in [1.54, 1.807) is 42.9 Å². The highest BCUT2D eigenvalue weighted by atomic mass is 16.1. The van der Waals surface area contributed by atoms with Crippen molar-refractivity contribution >= 4 is 17.3 Å². The molecule has 6 heteroatoms. The SMILES string of the molecule is N#Cc1ccc(Nc2ccc(C(=O)NCc3ccncc3)nc2)cc1. The molecule has 0 saturated heterocycles. The molecular formula is C19H15N5O. The highest BCUT2D eigenvalue weighted by Gasteiger charge is 2.07. The fraction of sp³-hybridized carbons (Fsp3) is 0.0526. The van der Waals surface area contributed by atoms with Crippen molar-refractivity contribution < 1.29 is 4.79 Å². The monoisotopic (exact) mass is 329 g/mol. The zero-order chi connectivity index (χ0) is 17.5. The number of amides is 1. The molecule has 0 aliphatic carbocycles. The fourth-order valence-corrected chi connectivity index (χ4v) is 2.17. The van der Waals surface area contributed by atoms with Crippen molar-refractivity contribution in [3.8, 4) is 6.07 Å². The highest BCUT2D eigenvalue weighted by molar-refractivity contribution is 5.92. The number of anilines is 2. The van der Waals surface area contributed by atoms with Crippen LogP contribution in [0.1, 0.15) is 21.6 Å². The van der Waals surface area contributed by atoms with Crippen molar-refractivity contribution in [1.29, 1.82) is 5.26 Å². The van der Waals surface area contributed by atoms with E-state index in [0.29, 0.717) is 17.8 Å². The molecule has 0 saturated carbocycles. The summed E-state index contributed by atoms with van der Waals surface area (Å²) in [6, 6.07) is 16.3. The lowest BCUT2D eigenvalue weighted by molar-refractivity contribution is 0.0946. The molecule has 2 aromatic heterocycles. The lowest BCUT2D eigenvalue weighted by atomic mass is 10.2. The Morgan fingerprint density at radius 3 is 2.36 bits per heavy atom. The van der Waals surface area contributed by atoms with Gasteiger partial charge in [0, 0.05) is 24.6 Å². The number of carbonyl (C=O) groups excluding carboxylic acids is 1. The van der Waals surface area contributed by atoms with Crippen molar-refractivity contribution in [1.82, 2.24) is 15.3 Å². The molecule has 122 valence electrons. The predicted molar refractivity (Wildman–Crippen MR) is 94.1 cm³/mol. The van der Waals surface area contributed by atoms with Crippen LogP contribution in [0.15, 0.2) is 67.1 Å². The quantitative estimate of drug-likeness (QED) is 0.751. The van der Waals surface area contributed by atoms with E-state index in [2.05, 4.69) is 26.7 Å². The number of carbonyl (C=O) groups is 1. The summed E-state index contributed by atoms with van der Waals surface area (Å²) in [4.78, 5) is 20.2. The van der Waals surface area contributed by atoms with Crippen LogP contribution in [0.4, 0.5) is 11.4 Å². The summed E-state index contributed by atoms with van der Waals surface area (Å²) in [5, 5.41) is 14.8. The van der Waals surface area contributed by atoms with E-state index in [1.807, 2.05) is 24.3 Å². The number of nitrogens with zero attached hydrogens (tertiary/aromatic N) is 3. The Morgan fingerprint density at radius 2 is 1.72 bits per heavy atom. The van der Waals surface area contributed by atoms with E-state index in [1.165, 1.54) is 0 Å². The zero-order valence-corrected chi connectivity index (χ0v) is 13.3. The second-order valence-corrected chi connectivity index (χ2v) is 5.28. The van der Waals surface area contributed by atoms with Gasteiger partial charge >= 0.3 is 0 Å². The van der Waals surface area contributed by atoms with E-state index in [0.717, 1.165) is 16.9 Å². The zero-order valence-electron chi connectivity index (χ0n) is 13.3. The maximum absolute atomic E-state index is 12.1. The summed E-state index contributed by atoms with van der Waals surface area (Å²) in [7, 11) is 0. The summed E-state index contributed by atoms with van der Waals surface area (Å²) in [6.07, 6.45) is 4.96. The number of nitriles is 1. The maximum Gasteiger partial charge on any atom is 0.270 e. The number of rotatable bonds is 5. The van der Waals surface area contributed by atoms with Crippen LogP contribution in [0.5, 0.6) is 0 Å². The van der Waals surface area contributed by atoms with Crippen molar-refractivity contribution in [3.63, 3.8) is 0 Å². The summed E-state index contributed by atoms with van der Waals surface area (Å²) in [5.41, 5.74) is 3.53. The van der Waals surface area contributed by atoms with Gasteiger partial charge in [0.2, 0.25) is 0 Å². The Hall–Kier alpha value is -3.72.